The molecule has 0 saturated heterocycles. The van der Waals surface area contributed by atoms with Crippen LogP contribution in [0.4, 0.5) is 14.5 Å². The summed E-state index contributed by atoms with van der Waals surface area (Å²) in [5, 5.41) is 0. The second-order valence-corrected chi connectivity index (χ2v) is 4.36. The molecule has 0 spiro atoms. The highest BCUT2D eigenvalue weighted by molar-refractivity contribution is 5.48. The van der Waals surface area contributed by atoms with Crippen molar-refractivity contribution in [3.8, 4) is 5.75 Å². The van der Waals surface area contributed by atoms with Crippen LogP contribution in [0.5, 0.6) is 5.75 Å². The van der Waals surface area contributed by atoms with E-state index in [1.165, 1.54) is 12.1 Å². The fourth-order valence-electron chi connectivity index (χ4n) is 1.87. The van der Waals surface area contributed by atoms with Gasteiger partial charge in [0, 0.05) is 11.3 Å². The average molecular weight is 275 g/mol. The van der Waals surface area contributed by atoms with Gasteiger partial charge in [0.15, 0.2) is 11.6 Å². The third-order valence-electron chi connectivity index (χ3n) is 2.86. The van der Waals surface area contributed by atoms with Gasteiger partial charge in [-0.2, -0.15) is 0 Å². The first kappa shape index (κ1) is 14.1. The van der Waals surface area contributed by atoms with E-state index in [0.29, 0.717) is 17.9 Å². The van der Waals surface area contributed by atoms with E-state index >= 15 is 0 Å². The molecule has 0 aliphatic heterocycles. The molecule has 20 heavy (non-hydrogen) atoms. The fraction of sp³-hybridized carbons (Fsp3) is 0.125. The molecule has 2 aromatic carbocycles. The van der Waals surface area contributed by atoms with Crippen LogP contribution >= 0.6 is 0 Å². The van der Waals surface area contributed by atoms with Crippen molar-refractivity contribution >= 4 is 5.69 Å². The first-order chi connectivity index (χ1) is 9.61. The monoisotopic (exact) mass is 275 g/mol. The lowest BCUT2D eigenvalue weighted by Gasteiger charge is -2.12. The number of hydrogen-bond donors (Lipinski definition) is 1. The Morgan fingerprint density at radius 3 is 2.70 bits per heavy atom. The highest BCUT2D eigenvalue weighted by Crippen LogP contribution is 2.24. The Kier molecular flexibility index (Phi) is 4.35. The van der Waals surface area contributed by atoms with Crippen molar-refractivity contribution in [3.63, 3.8) is 0 Å². The number of nitrogen functional groups attached to an aromatic ring is 1. The quantitative estimate of drug-likeness (QED) is 0.664. The Balaban J connectivity index is 2.18. The van der Waals surface area contributed by atoms with Crippen LogP contribution in [-0.2, 0) is 13.0 Å². The van der Waals surface area contributed by atoms with Crippen LogP contribution < -0.4 is 10.5 Å². The summed E-state index contributed by atoms with van der Waals surface area (Å²) in [5.41, 5.74) is 7.36. The van der Waals surface area contributed by atoms with E-state index in [1.807, 2.05) is 0 Å². The number of rotatable bonds is 5. The minimum atomic E-state index is -0.881. The topological polar surface area (TPSA) is 35.2 Å². The standard InChI is InChI=1S/C16H15F2NO/c1-2-4-11-9-13(19)7-8-15(11)20-10-12-5-3-6-14(17)16(12)18/h2-3,5-9H,1,4,10,19H2. The molecule has 0 aliphatic rings. The van der Waals surface area contributed by atoms with Gasteiger partial charge in [0.2, 0.25) is 0 Å². The van der Waals surface area contributed by atoms with Gasteiger partial charge in [-0.05, 0) is 36.2 Å². The van der Waals surface area contributed by atoms with Gasteiger partial charge in [0.25, 0.3) is 0 Å². The summed E-state index contributed by atoms with van der Waals surface area (Å²) in [6, 6.07) is 9.20. The number of ether oxygens (including phenoxy) is 1. The van der Waals surface area contributed by atoms with E-state index < -0.39 is 11.6 Å². The van der Waals surface area contributed by atoms with Crippen LogP contribution in [0.2, 0.25) is 0 Å². The maximum absolute atomic E-state index is 13.5. The molecule has 0 fully saturated rings. The number of allylic oxidation sites excluding steroid dienone is 1. The number of benzene rings is 2. The molecule has 2 nitrogen and oxygen atoms in total. The van der Waals surface area contributed by atoms with Crippen molar-refractivity contribution in [2.24, 2.45) is 0 Å². The van der Waals surface area contributed by atoms with Crippen LogP contribution in [0.25, 0.3) is 0 Å². The van der Waals surface area contributed by atoms with E-state index in [1.54, 1.807) is 24.3 Å². The predicted octanol–water partition coefficient (Wildman–Crippen LogP) is 3.85. The summed E-state index contributed by atoms with van der Waals surface area (Å²) in [4.78, 5) is 0. The summed E-state index contributed by atoms with van der Waals surface area (Å²) in [7, 11) is 0. The molecule has 2 rings (SSSR count). The molecule has 0 aliphatic carbocycles. The van der Waals surface area contributed by atoms with Crippen LogP contribution in [0, 0.1) is 11.6 Å². The van der Waals surface area contributed by atoms with Crippen molar-refractivity contribution in [1.82, 2.24) is 0 Å². The second-order valence-electron chi connectivity index (χ2n) is 4.36. The van der Waals surface area contributed by atoms with Gasteiger partial charge in [-0.25, -0.2) is 8.78 Å². The van der Waals surface area contributed by atoms with Crippen LogP contribution in [0.1, 0.15) is 11.1 Å². The predicted molar refractivity (Wildman–Crippen MR) is 75.4 cm³/mol. The van der Waals surface area contributed by atoms with E-state index in [0.717, 1.165) is 11.6 Å². The molecule has 0 aromatic heterocycles. The molecule has 0 saturated carbocycles. The average Bonchev–Trinajstić information content (AvgIpc) is 2.42. The highest BCUT2D eigenvalue weighted by Gasteiger charge is 2.09. The minimum Gasteiger partial charge on any atom is -0.488 e. The summed E-state index contributed by atoms with van der Waals surface area (Å²) in [6.07, 6.45) is 2.32. The Bertz CT molecular complexity index is 626. The van der Waals surface area contributed by atoms with Crippen molar-refractivity contribution < 1.29 is 13.5 Å². The largest absolute Gasteiger partial charge is 0.488 e. The first-order valence-corrected chi connectivity index (χ1v) is 6.17. The van der Waals surface area contributed by atoms with Gasteiger partial charge in [0.1, 0.15) is 12.4 Å². The molecule has 0 unspecified atom stereocenters. The molecule has 2 aromatic rings. The molecule has 4 heteroatoms. The second kappa shape index (κ2) is 6.19. The number of anilines is 1. The molecule has 0 atom stereocenters. The Hall–Kier alpha value is -2.36. The van der Waals surface area contributed by atoms with Gasteiger partial charge in [-0.3, -0.25) is 0 Å². The highest BCUT2D eigenvalue weighted by atomic mass is 19.2. The molecule has 0 amide bonds. The summed E-state index contributed by atoms with van der Waals surface area (Å²) in [6.45, 7) is 3.62. The van der Waals surface area contributed by atoms with Crippen molar-refractivity contribution in [1.29, 1.82) is 0 Å². The summed E-state index contributed by atoms with van der Waals surface area (Å²) < 4.78 is 32.2. The minimum absolute atomic E-state index is 0.0440. The normalized spacial score (nSPS) is 10.3. The summed E-state index contributed by atoms with van der Waals surface area (Å²) >= 11 is 0. The summed E-state index contributed by atoms with van der Waals surface area (Å²) in [5.74, 6) is -1.18. The molecule has 0 heterocycles. The van der Waals surface area contributed by atoms with Gasteiger partial charge in [0.05, 0.1) is 0 Å². The zero-order chi connectivity index (χ0) is 14.5. The third-order valence-corrected chi connectivity index (χ3v) is 2.86. The van der Waals surface area contributed by atoms with Gasteiger partial charge in [-0.15, -0.1) is 6.58 Å². The van der Waals surface area contributed by atoms with Crippen LogP contribution in [-0.4, -0.2) is 0 Å². The molecular weight excluding hydrogens is 260 g/mol. The third kappa shape index (κ3) is 3.15. The molecule has 0 radical (unpaired) electrons. The smallest absolute Gasteiger partial charge is 0.165 e. The van der Waals surface area contributed by atoms with Crippen molar-refractivity contribution in [2.75, 3.05) is 5.73 Å². The van der Waals surface area contributed by atoms with Crippen LogP contribution in [0.3, 0.4) is 0 Å². The van der Waals surface area contributed by atoms with Gasteiger partial charge in [-0.1, -0.05) is 18.2 Å². The Labute approximate surface area is 116 Å². The maximum atomic E-state index is 13.5. The zero-order valence-electron chi connectivity index (χ0n) is 10.9. The van der Waals surface area contributed by atoms with E-state index in [9.17, 15) is 8.78 Å². The zero-order valence-corrected chi connectivity index (χ0v) is 10.9. The molecular formula is C16H15F2NO. The Morgan fingerprint density at radius 1 is 1.15 bits per heavy atom. The number of halogens is 2. The lowest BCUT2D eigenvalue weighted by Crippen LogP contribution is -2.02. The van der Waals surface area contributed by atoms with Crippen molar-refractivity contribution in [3.05, 3.63) is 71.8 Å². The lowest BCUT2D eigenvalue weighted by molar-refractivity contribution is 0.294. The first-order valence-electron chi connectivity index (χ1n) is 6.17. The Morgan fingerprint density at radius 2 is 1.95 bits per heavy atom. The van der Waals surface area contributed by atoms with Gasteiger partial charge >= 0.3 is 0 Å². The van der Waals surface area contributed by atoms with E-state index in [-0.39, 0.29) is 12.2 Å². The van der Waals surface area contributed by atoms with Crippen molar-refractivity contribution in [2.45, 2.75) is 13.0 Å². The molecule has 2 N–H and O–H groups in total. The van der Waals surface area contributed by atoms with E-state index in [4.69, 9.17) is 10.5 Å². The molecule has 104 valence electrons. The fourth-order valence-corrected chi connectivity index (χ4v) is 1.87. The number of nitrogens with two attached hydrogens (primary N) is 1. The maximum Gasteiger partial charge on any atom is 0.165 e. The number of hydrogen-bond acceptors (Lipinski definition) is 2. The van der Waals surface area contributed by atoms with Gasteiger partial charge < -0.3 is 10.5 Å². The van der Waals surface area contributed by atoms with Crippen LogP contribution in [0.15, 0.2) is 49.1 Å². The SMILES string of the molecule is C=CCc1cc(N)ccc1OCc1cccc(F)c1F. The lowest BCUT2D eigenvalue weighted by atomic mass is 10.1. The molecule has 0 bridgehead atoms. The van der Waals surface area contributed by atoms with E-state index in [2.05, 4.69) is 6.58 Å².